The Kier molecular flexibility index (Phi) is 14.7. The molecule has 0 bridgehead atoms. The number of aliphatic hydroxyl groups is 2. The maximum atomic E-state index is 13.0. The van der Waals surface area contributed by atoms with Crippen LogP contribution in [0.5, 0.6) is 0 Å². The fourth-order valence-electron chi connectivity index (χ4n) is 5.65. The van der Waals surface area contributed by atoms with E-state index in [0.29, 0.717) is 24.2 Å². The highest BCUT2D eigenvalue weighted by atomic mass is 16.7. The number of unbranched alkanes of at least 4 members (excludes halogenated alkanes) is 2. The number of amides is 3. The number of alkyl carbamates (subject to hydrolysis) is 1. The van der Waals surface area contributed by atoms with Crippen molar-refractivity contribution in [3.63, 3.8) is 0 Å². The van der Waals surface area contributed by atoms with E-state index in [1.54, 1.807) is 42.5 Å². The molecule has 0 unspecified atom stereocenters. The predicted octanol–water partition coefficient (Wildman–Crippen LogP) is 1.63. The molecule has 284 valence electrons. The summed E-state index contributed by atoms with van der Waals surface area (Å²) in [7, 11) is 0. The van der Waals surface area contributed by atoms with Crippen molar-refractivity contribution in [2.24, 2.45) is 0 Å². The van der Waals surface area contributed by atoms with Crippen molar-refractivity contribution in [3.8, 4) is 11.4 Å². The summed E-state index contributed by atoms with van der Waals surface area (Å²) in [5, 5.41) is 49.4. The zero-order valence-electron chi connectivity index (χ0n) is 28.9. The van der Waals surface area contributed by atoms with Crippen molar-refractivity contribution in [1.29, 1.82) is 0 Å². The number of rotatable bonds is 18. The molecule has 2 aromatic carbocycles. The number of nitrogens with zero attached hydrogens (tertiary/aromatic N) is 2. The average Bonchev–Trinajstić information content (AvgIpc) is 3.15. The van der Waals surface area contributed by atoms with E-state index in [0.717, 1.165) is 12.5 Å². The topological polar surface area (TPSA) is 256 Å². The molecule has 4 rings (SSSR count). The number of carboxylic acid groups (broad SMARTS) is 2. The highest BCUT2D eigenvalue weighted by Crippen LogP contribution is 2.34. The molecule has 6 atom stereocenters. The van der Waals surface area contributed by atoms with Gasteiger partial charge in [0.1, 0.15) is 18.8 Å². The second-order valence-electron chi connectivity index (χ2n) is 12.4. The molecule has 1 aliphatic rings. The lowest BCUT2D eigenvalue weighted by Crippen LogP contribution is -2.71. The minimum atomic E-state index is -2.51. The number of ether oxygens (including phenoxy) is 3. The van der Waals surface area contributed by atoms with Gasteiger partial charge < -0.3 is 50.6 Å². The smallest absolute Gasteiger partial charge is 0.407 e. The highest BCUT2D eigenvalue weighted by Gasteiger charge is 2.56. The highest BCUT2D eigenvalue weighted by molar-refractivity contribution is 5.93. The first-order valence-corrected chi connectivity index (χ1v) is 16.9. The third kappa shape index (κ3) is 11.8. The van der Waals surface area contributed by atoms with Crippen LogP contribution >= 0.6 is 0 Å². The summed E-state index contributed by atoms with van der Waals surface area (Å²) in [6, 6.07) is 15.2. The molecule has 3 aromatic rings. The molecule has 0 radical (unpaired) electrons. The first-order valence-electron chi connectivity index (χ1n) is 16.9. The number of aliphatic hydroxyl groups excluding tert-OH is 2. The molecule has 17 nitrogen and oxygen atoms in total. The van der Waals surface area contributed by atoms with Gasteiger partial charge >= 0.3 is 18.0 Å². The van der Waals surface area contributed by atoms with Gasteiger partial charge in [0, 0.05) is 44.3 Å². The summed E-state index contributed by atoms with van der Waals surface area (Å²) in [6.45, 7) is 0.244. The zero-order chi connectivity index (χ0) is 38.4. The van der Waals surface area contributed by atoms with Crippen LogP contribution in [-0.2, 0) is 35.2 Å². The van der Waals surface area contributed by atoms with Crippen molar-refractivity contribution in [2.45, 2.75) is 81.8 Å². The lowest BCUT2D eigenvalue weighted by Gasteiger charge is -2.48. The number of benzene rings is 2. The predicted molar refractivity (Wildman–Crippen MR) is 185 cm³/mol. The summed E-state index contributed by atoms with van der Waals surface area (Å²) in [5.41, 5.74) is 1.45. The maximum absolute atomic E-state index is 13.0. The fraction of sp³-hybridized carbons (Fsp3) is 0.417. The number of aromatic nitrogens is 2. The molecule has 1 saturated heterocycles. The molecule has 3 amide bonds. The first kappa shape index (κ1) is 40.3. The first-order chi connectivity index (χ1) is 25.4. The fourth-order valence-corrected chi connectivity index (χ4v) is 5.65. The van der Waals surface area contributed by atoms with Crippen molar-refractivity contribution >= 4 is 29.8 Å². The lowest BCUT2D eigenvalue weighted by atomic mass is 9.86. The van der Waals surface area contributed by atoms with Gasteiger partial charge in [-0.1, -0.05) is 67.1 Å². The quantitative estimate of drug-likeness (QED) is 0.0917. The number of hydrogen-bond acceptors (Lipinski definition) is 12. The maximum Gasteiger partial charge on any atom is 0.407 e. The van der Waals surface area contributed by atoms with Crippen LogP contribution in [-0.4, -0.2) is 110 Å². The van der Waals surface area contributed by atoms with E-state index in [4.69, 9.17) is 19.3 Å². The van der Waals surface area contributed by atoms with Crippen LogP contribution in [0.3, 0.4) is 0 Å². The van der Waals surface area contributed by atoms with Crippen LogP contribution in [0.1, 0.15) is 54.9 Å². The van der Waals surface area contributed by atoms with Gasteiger partial charge in [0.2, 0.25) is 5.91 Å². The molecule has 1 aromatic heterocycles. The zero-order valence-corrected chi connectivity index (χ0v) is 28.9. The van der Waals surface area contributed by atoms with Crippen LogP contribution in [0.4, 0.5) is 4.79 Å². The Morgan fingerprint density at radius 1 is 0.925 bits per heavy atom. The number of carbonyl (C=O) groups excluding carboxylic acids is 3. The lowest BCUT2D eigenvalue weighted by molar-refractivity contribution is -0.300. The number of carbonyl (C=O) groups is 5. The van der Waals surface area contributed by atoms with E-state index >= 15 is 0 Å². The molecule has 1 aliphatic heterocycles. The van der Waals surface area contributed by atoms with Gasteiger partial charge in [-0.15, -0.1) is 0 Å². The van der Waals surface area contributed by atoms with E-state index in [1.807, 2.05) is 18.2 Å². The normalized spacial score (nSPS) is 20.7. The summed E-state index contributed by atoms with van der Waals surface area (Å²) in [4.78, 5) is 70.4. The number of aliphatic carboxylic acids is 2. The molecule has 1 fully saturated rings. The van der Waals surface area contributed by atoms with Crippen LogP contribution in [0, 0.1) is 0 Å². The van der Waals surface area contributed by atoms with Gasteiger partial charge in [0.15, 0.2) is 5.82 Å². The third-order valence-corrected chi connectivity index (χ3v) is 8.33. The van der Waals surface area contributed by atoms with Crippen molar-refractivity contribution in [1.82, 2.24) is 25.9 Å². The Balaban J connectivity index is 1.52. The molecular weight excluding hydrogens is 694 g/mol. The second kappa shape index (κ2) is 19.4. The third-order valence-electron chi connectivity index (χ3n) is 8.33. The summed E-state index contributed by atoms with van der Waals surface area (Å²) >= 11 is 0. The Bertz CT molecular complexity index is 1680. The van der Waals surface area contributed by atoms with E-state index in [1.165, 1.54) is 12.4 Å². The SMILES string of the molecule is CC(=O)N[C@H]1[C@H]([C@H](O)[C@H](O)CNC(=O)c2cnc(-c3ccccc3)nc2)O[C@@](OCCCCCC(=O)O)(C(=O)O)C[C@@H]1NC(=O)OCc1ccccc1. The van der Waals surface area contributed by atoms with E-state index < -0.39 is 79.0 Å². The van der Waals surface area contributed by atoms with E-state index in [9.17, 15) is 39.3 Å². The summed E-state index contributed by atoms with van der Waals surface area (Å²) < 4.78 is 17.0. The van der Waals surface area contributed by atoms with Gasteiger partial charge in [0.25, 0.3) is 11.7 Å². The van der Waals surface area contributed by atoms with Gasteiger partial charge in [-0.3, -0.25) is 14.4 Å². The summed E-state index contributed by atoms with van der Waals surface area (Å²) in [6.07, 6.45) is -3.61. The van der Waals surface area contributed by atoms with Gasteiger partial charge in [0.05, 0.1) is 30.4 Å². The molecule has 0 saturated carbocycles. The van der Waals surface area contributed by atoms with Gasteiger partial charge in [-0.2, -0.15) is 0 Å². The molecule has 2 heterocycles. The average molecular weight is 738 g/mol. The Morgan fingerprint density at radius 3 is 2.21 bits per heavy atom. The van der Waals surface area contributed by atoms with Gasteiger partial charge in [-0.05, 0) is 18.4 Å². The van der Waals surface area contributed by atoms with Gasteiger partial charge in [-0.25, -0.2) is 19.6 Å². The Labute approximate surface area is 304 Å². The Morgan fingerprint density at radius 2 is 1.58 bits per heavy atom. The largest absolute Gasteiger partial charge is 0.481 e. The van der Waals surface area contributed by atoms with E-state index in [-0.39, 0.29) is 31.6 Å². The van der Waals surface area contributed by atoms with Crippen molar-refractivity contribution < 1.29 is 58.6 Å². The number of carboxylic acids is 2. The summed E-state index contributed by atoms with van der Waals surface area (Å²) in [5.74, 6) is -6.07. The molecule has 0 aliphatic carbocycles. The Hall–Kier alpha value is -5.49. The minimum Gasteiger partial charge on any atom is -0.481 e. The van der Waals surface area contributed by atoms with Crippen molar-refractivity contribution in [3.05, 3.63) is 84.2 Å². The number of nitrogens with one attached hydrogen (secondary N) is 3. The number of hydrogen-bond donors (Lipinski definition) is 7. The van der Waals surface area contributed by atoms with Crippen LogP contribution in [0.15, 0.2) is 73.1 Å². The van der Waals surface area contributed by atoms with Crippen LogP contribution in [0.25, 0.3) is 11.4 Å². The second-order valence-corrected chi connectivity index (χ2v) is 12.4. The molecule has 53 heavy (non-hydrogen) atoms. The van der Waals surface area contributed by atoms with Crippen molar-refractivity contribution in [2.75, 3.05) is 13.2 Å². The van der Waals surface area contributed by atoms with Crippen LogP contribution in [0.2, 0.25) is 0 Å². The van der Waals surface area contributed by atoms with E-state index in [2.05, 4.69) is 25.9 Å². The standard InChI is InChI=1S/C36H43N5O12/c1-22(42)40-29-26(41-35(50)51-21-23-11-5-2-6-12-23)17-36(34(48)49,52-16-10-4-9-15-28(44)45)53-31(29)30(46)27(43)20-39-33(47)25-18-37-32(38-19-25)24-13-7-3-8-14-24/h2-3,5-8,11-14,18-19,26-27,29-31,43,46H,4,9-10,15-17,20-21H2,1H3,(H,39,47)(H,40,42)(H,41,50)(H,44,45)(H,48,49)/t26-,27+,29+,30+,31+,36+/m0/s1. The molecule has 7 N–H and O–H groups in total. The minimum absolute atomic E-state index is 0.0522. The monoisotopic (exact) mass is 737 g/mol. The van der Waals surface area contributed by atoms with Crippen LogP contribution < -0.4 is 16.0 Å². The molecular formula is C36H43N5O12. The molecule has 0 spiro atoms. The molecule has 17 heteroatoms.